The molecule has 120 valence electrons. The Kier molecular flexibility index (Phi) is 11.3. The van der Waals surface area contributed by atoms with Gasteiger partial charge in [0, 0.05) is 11.1 Å². The van der Waals surface area contributed by atoms with Crippen molar-refractivity contribution >= 4 is 11.9 Å². The van der Waals surface area contributed by atoms with Crippen molar-refractivity contribution in [3.63, 3.8) is 0 Å². The van der Waals surface area contributed by atoms with Crippen LogP contribution >= 0.6 is 0 Å². The van der Waals surface area contributed by atoms with Crippen LogP contribution in [-0.4, -0.2) is 22.2 Å². The maximum atomic E-state index is 10.5. The van der Waals surface area contributed by atoms with Crippen LogP contribution in [0.15, 0.2) is 24.3 Å². The number of carboxylic acid groups (broad SMARTS) is 2. The number of carbonyl (C=O) groups is 2. The van der Waals surface area contributed by atoms with Crippen molar-refractivity contribution in [3.05, 3.63) is 24.3 Å². The van der Waals surface area contributed by atoms with E-state index in [0.717, 1.165) is 38.5 Å². The van der Waals surface area contributed by atoms with Gasteiger partial charge >= 0.3 is 11.9 Å². The molecule has 4 heteroatoms. The molecule has 0 aromatic heterocycles. The second-order valence-electron chi connectivity index (χ2n) is 5.50. The molecule has 0 aliphatic rings. The van der Waals surface area contributed by atoms with Gasteiger partial charge in [0.15, 0.2) is 0 Å². The molecule has 0 rings (SSSR count). The Bertz CT molecular complexity index is 324. The number of hydrogen-bond donors (Lipinski definition) is 2. The molecule has 0 bridgehead atoms. The summed E-state index contributed by atoms with van der Waals surface area (Å²) < 4.78 is 0. The third-order valence-corrected chi connectivity index (χ3v) is 3.56. The Balaban J connectivity index is 3.23. The quantitative estimate of drug-likeness (QED) is 0.364. The second kappa shape index (κ2) is 12.2. The van der Waals surface area contributed by atoms with Gasteiger partial charge in [-0.1, -0.05) is 58.1 Å². The van der Waals surface area contributed by atoms with E-state index >= 15 is 0 Å². The molecule has 0 aliphatic carbocycles. The largest absolute Gasteiger partial charge is 0.478 e. The Morgan fingerprint density at radius 2 is 0.810 bits per heavy atom. The van der Waals surface area contributed by atoms with Crippen LogP contribution in [0.25, 0.3) is 0 Å². The van der Waals surface area contributed by atoms with Crippen molar-refractivity contribution < 1.29 is 19.8 Å². The summed E-state index contributed by atoms with van der Waals surface area (Å²) in [6.07, 6.45) is 10.9. The van der Waals surface area contributed by atoms with E-state index in [1.165, 1.54) is 19.3 Å². The van der Waals surface area contributed by atoms with Gasteiger partial charge in [0.25, 0.3) is 0 Å². The lowest BCUT2D eigenvalue weighted by atomic mass is 10.0. The summed E-state index contributed by atoms with van der Waals surface area (Å²) in [4.78, 5) is 21.1. The zero-order chi connectivity index (χ0) is 16.1. The lowest BCUT2D eigenvalue weighted by Gasteiger charge is -2.03. The van der Waals surface area contributed by atoms with E-state index < -0.39 is 11.9 Å². The van der Waals surface area contributed by atoms with Crippen molar-refractivity contribution in [3.8, 4) is 0 Å². The van der Waals surface area contributed by atoms with Crippen LogP contribution in [0, 0.1) is 0 Å². The highest BCUT2D eigenvalue weighted by molar-refractivity contribution is 5.85. The normalized spacial score (nSPS) is 10.3. The summed E-state index contributed by atoms with van der Waals surface area (Å²) in [5, 5.41) is 17.3. The molecule has 0 saturated heterocycles. The summed E-state index contributed by atoms with van der Waals surface area (Å²) in [6, 6.07) is 0. The van der Waals surface area contributed by atoms with Crippen LogP contribution in [-0.2, 0) is 9.59 Å². The molecule has 2 N–H and O–H groups in total. The summed E-state index contributed by atoms with van der Waals surface area (Å²) in [7, 11) is 0. The van der Waals surface area contributed by atoms with E-state index in [1.54, 1.807) is 0 Å². The number of unbranched alkanes of at least 4 members (excludes halogenated alkanes) is 8. The average molecular weight is 296 g/mol. The molecule has 0 unspecified atom stereocenters. The van der Waals surface area contributed by atoms with Crippen LogP contribution in [0.3, 0.4) is 0 Å². The molecule has 0 fully saturated rings. The molecule has 0 aromatic carbocycles. The maximum Gasteiger partial charge on any atom is 0.330 e. The molecule has 4 nitrogen and oxygen atoms in total. The third kappa shape index (κ3) is 11.9. The number of aliphatic carboxylic acids is 2. The van der Waals surface area contributed by atoms with E-state index in [4.69, 9.17) is 10.2 Å². The monoisotopic (exact) mass is 296 g/mol. The van der Waals surface area contributed by atoms with E-state index in [1.807, 2.05) is 0 Å². The standard InChI is InChI=1S/C17H28O4/c1-14(16(18)19)12-10-8-6-4-3-5-7-9-11-13-15(2)17(20)21/h1-13H2,(H,18,19)(H,20,21). The van der Waals surface area contributed by atoms with Gasteiger partial charge in [-0.15, -0.1) is 0 Å². The first-order chi connectivity index (χ1) is 9.95. The second-order valence-corrected chi connectivity index (χ2v) is 5.50. The predicted molar refractivity (Wildman–Crippen MR) is 84.3 cm³/mol. The first kappa shape index (κ1) is 19.4. The van der Waals surface area contributed by atoms with Gasteiger partial charge < -0.3 is 10.2 Å². The first-order valence-corrected chi connectivity index (χ1v) is 7.77. The smallest absolute Gasteiger partial charge is 0.330 e. The van der Waals surface area contributed by atoms with Gasteiger partial charge in [-0.05, 0) is 25.7 Å². The van der Waals surface area contributed by atoms with Crippen LogP contribution < -0.4 is 0 Å². The highest BCUT2D eigenvalue weighted by Crippen LogP contribution is 2.14. The van der Waals surface area contributed by atoms with Gasteiger partial charge in [0.05, 0.1) is 0 Å². The van der Waals surface area contributed by atoms with E-state index in [0.29, 0.717) is 24.0 Å². The summed E-state index contributed by atoms with van der Waals surface area (Å²) in [5.74, 6) is -1.78. The Labute approximate surface area is 127 Å². The van der Waals surface area contributed by atoms with Gasteiger partial charge in [-0.2, -0.15) is 0 Å². The molecule has 0 atom stereocenters. The fourth-order valence-electron chi connectivity index (χ4n) is 2.13. The molecule has 0 aliphatic heterocycles. The lowest BCUT2D eigenvalue weighted by molar-refractivity contribution is -0.133. The van der Waals surface area contributed by atoms with Gasteiger partial charge in [-0.3, -0.25) is 0 Å². The number of hydrogen-bond acceptors (Lipinski definition) is 2. The van der Waals surface area contributed by atoms with E-state index in [9.17, 15) is 9.59 Å². The number of carboxylic acids is 2. The first-order valence-electron chi connectivity index (χ1n) is 7.77. The van der Waals surface area contributed by atoms with Gasteiger partial charge in [-0.25, -0.2) is 9.59 Å². The summed E-state index contributed by atoms with van der Waals surface area (Å²) >= 11 is 0. The van der Waals surface area contributed by atoms with E-state index in [-0.39, 0.29) is 0 Å². The maximum absolute atomic E-state index is 10.5. The minimum absolute atomic E-state index is 0.304. The fourth-order valence-corrected chi connectivity index (χ4v) is 2.13. The Hall–Kier alpha value is -1.58. The molecule has 0 radical (unpaired) electrons. The van der Waals surface area contributed by atoms with Crippen LogP contribution in [0.5, 0.6) is 0 Å². The zero-order valence-electron chi connectivity index (χ0n) is 12.9. The van der Waals surface area contributed by atoms with Crippen molar-refractivity contribution in [2.24, 2.45) is 0 Å². The Morgan fingerprint density at radius 3 is 1.05 bits per heavy atom. The van der Waals surface area contributed by atoms with Crippen LogP contribution in [0.1, 0.15) is 70.6 Å². The van der Waals surface area contributed by atoms with Crippen molar-refractivity contribution in [1.82, 2.24) is 0 Å². The molecule has 0 spiro atoms. The molecule has 0 amide bonds. The highest BCUT2D eigenvalue weighted by atomic mass is 16.4. The van der Waals surface area contributed by atoms with E-state index in [2.05, 4.69) is 13.2 Å². The minimum atomic E-state index is -0.888. The summed E-state index contributed by atoms with van der Waals surface area (Å²) in [6.45, 7) is 7.02. The average Bonchev–Trinajstić information content (AvgIpc) is 2.43. The minimum Gasteiger partial charge on any atom is -0.478 e. The SMILES string of the molecule is C=C(CCCCCCCCCCCC(=C)C(=O)O)C(=O)O. The summed E-state index contributed by atoms with van der Waals surface area (Å²) in [5.41, 5.74) is 0.607. The van der Waals surface area contributed by atoms with Crippen molar-refractivity contribution in [1.29, 1.82) is 0 Å². The number of rotatable bonds is 14. The molecular weight excluding hydrogens is 268 g/mol. The van der Waals surface area contributed by atoms with Gasteiger partial charge in [0.2, 0.25) is 0 Å². The molecule has 0 aromatic rings. The predicted octanol–water partition coefficient (Wildman–Crippen LogP) is 4.56. The Morgan fingerprint density at radius 1 is 0.571 bits per heavy atom. The topological polar surface area (TPSA) is 74.6 Å². The highest BCUT2D eigenvalue weighted by Gasteiger charge is 2.03. The molecular formula is C17H28O4. The lowest BCUT2D eigenvalue weighted by Crippen LogP contribution is -1.98. The van der Waals surface area contributed by atoms with Crippen molar-refractivity contribution in [2.75, 3.05) is 0 Å². The molecule has 0 heterocycles. The molecule has 0 saturated carbocycles. The van der Waals surface area contributed by atoms with Crippen molar-refractivity contribution in [2.45, 2.75) is 70.6 Å². The van der Waals surface area contributed by atoms with Gasteiger partial charge in [0.1, 0.15) is 0 Å². The van der Waals surface area contributed by atoms with Crippen LogP contribution in [0.4, 0.5) is 0 Å². The fraction of sp³-hybridized carbons (Fsp3) is 0.647. The molecule has 21 heavy (non-hydrogen) atoms. The van der Waals surface area contributed by atoms with Crippen LogP contribution in [0.2, 0.25) is 0 Å². The zero-order valence-corrected chi connectivity index (χ0v) is 12.9. The third-order valence-electron chi connectivity index (χ3n) is 3.56.